The molecule has 0 spiro atoms. The first-order chi connectivity index (χ1) is 8.09. The van der Waals surface area contributed by atoms with Crippen LogP contribution in [0.15, 0.2) is 18.2 Å². The minimum atomic E-state index is -1.20. The summed E-state index contributed by atoms with van der Waals surface area (Å²) in [5.74, 6) is -2.34. The highest BCUT2D eigenvalue weighted by Gasteiger charge is 2.22. The number of carbonyl (C=O) groups is 2. The number of carboxylic acid groups (broad SMARTS) is 1. The van der Waals surface area contributed by atoms with Crippen molar-refractivity contribution in [1.82, 2.24) is 4.90 Å². The molecule has 4 nitrogen and oxygen atoms in total. The standard InChI is InChI=1S/C12H12FNO3/c13-10-7-8(12(16)17)3-4-9(10)11(15)14-5-1-2-6-14/h3-4,7H,1-2,5-6H2,(H,16,17). The zero-order valence-corrected chi connectivity index (χ0v) is 9.15. The van der Waals surface area contributed by atoms with Crippen molar-refractivity contribution in [2.45, 2.75) is 12.8 Å². The molecule has 1 aliphatic rings. The predicted octanol–water partition coefficient (Wildman–Crippen LogP) is 1.76. The summed E-state index contributed by atoms with van der Waals surface area (Å²) in [5.41, 5.74) is -0.211. The van der Waals surface area contributed by atoms with E-state index in [9.17, 15) is 14.0 Å². The highest BCUT2D eigenvalue weighted by atomic mass is 19.1. The van der Waals surface area contributed by atoms with Gasteiger partial charge >= 0.3 is 5.97 Å². The molecule has 0 unspecified atom stereocenters. The van der Waals surface area contributed by atoms with Crippen molar-refractivity contribution in [3.05, 3.63) is 35.1 Å². The van der Waals surface area contributed by atoms with Crippen molar-refractivity contribution >= 4 is 11.9 Å². The second-order valence-electron chi connectivity index (χ2n) is 4.00. The van der Waals surface area contributed by atoms with Gasteiger partial charge < -0.3 is 10.0 Å². The summed E-state index contributed by atoms with van der Waals surface area (Å²) in [6, 6.07) is 3.36. The van der Waals surface area contributed by atoms with Crippen molar-refractivity contribution in [3.8, 4) is 0 Å². The predicted molar refractivity (Wildman–Crippen MR) is 58.5 cm³/mol. The van der Waals surface area contributed by atoms with Crippen LogP contribution < -0.4 is 0 Å². The molecule has 0 saturated carbocycles. The SMILES string of the molecule is O=C(O)c1ccc(C(=O)N2CCCC2)c(F)c1. The van der Waals surface area contributed by atoms with Crippen LogP contribution in [0.3, 0.4) is 0 Å². The van der Waals surface area contributed by atoms with Crippen molar-refractivity contribution in [1.29, 1.82) is 0 Å². The molecule has 1 amide bonds. The number of nitrogens with zero attached hydrogens (tertiary/aromatic N) is 1. The third kappa shape index (κ3) is 2.27. The van der Waals surface area contributed by atoms with E-state index in [-0.39, 0.29) is 17.0 Å². The largest absolute Gasteiger partial charge is 0.478 e. The molecule has 90 valence electrons. The van der Waals surface area contributed by atoms with Gasteiger partial charge in [0.05, 0.1) is 11.1 Å². The Morgan fingerprint density at radius 3 is 2.41 bits per heavy atom. The lowest BCUT2D eigenvalue weighted by Gasteiger charge is -2.15. The van der Waals surface area contributed by atoms with Crippen LogP contribution in [0, 0.1) is 5.82 Å². The Morgan fingerprint density at radius 2 is 1.88 bits per heavy atom. The first-order valence-corrected chi connectivity index (χ1v) is 5.41. The fourth-order valence-corrected chi connectivity index (χ4v) is 1.91. The van der Waals surface area contributed by atoms with Gasteiger partial charge in [-0.15, -0.1) is 0 Å². The lowest BCUT2D eigenvalue weighted by atomic mass is 10.1. The third-order valence-electron chi connectivity index (χ3n) is 2.84. The van der Waals surface area contributed by atoms with Crippen LogP contribution in [0.25, 0.3) is 0 Å². The smallest absolute Gasteiger partial charge is 0.335 e. The molecule has 5 heteroatoms. The van der Waals surface area contributed by atoms with Gasteiger partial charge in [0.15, 0.2) is 0 Å². The highest BCUT2D eigenvalue weighted by molar-refractivity contribution is 5.96. The average molecular weight is 237 g/mol. The fraction of sp³-hybridized carbons (Fsp3) is 0.333. The molecule has 0 atom stereocenters. The van der Waals surface area contributed by atoms with Crippen molar-refractivity contribution in [2.75, 3.05) is 13.1 Å². The lowest BCUT2D eigenvalue weighted by Crippen LogP contribution is -2.28. The van der Waals surface area contributed by atoms with Crippen LogP contribution in [-0.4, -0.2) is 35.0 Å². The van der Waals surface area contributed by atoms with Gasteiger partial charge in [0.1, 0.15) is 5.82 Å². The van der Waals surface area contributed by atoms with E-state index < -0.39 is 11.8 Å². The maximum absolute atomic E-state index is 13.6. The normalized spacial score (nSPS) is 15.0. The van der Waals surface area contributed by atoms with Gasteiger partial charge in [-0.3, -0.25) is 4.79 Å². The molecule has 17 heavy (non-hydrogen) atoms. The fourth-order valence-electron chi connectivity index (χ4n) is 1.91. The number of hydrogen-bond acceptors (Lipinski definition) is 2. The Morgan fingerprint density at radius 1 is 1.24 bits per heavy atom. The second kappa shape index (κ2) is 4.53. The van der Waals surface area contributed by atoms with E-state index in [2.05, 4.69) is 0 Å². The Bertz CT molecular complexity index is 467. The van der Waals surface area contributed by atoms with E-state index in [1.54, 1.807) is 4.90 Å². The number of hydrogen-bond donors (Lipinski definition) is 1. The van der Waals surface area contributed by atoms with Gasteiger partial charge in [0.25, 0.3) is 5.91 Å². The number of likely N-dealkylation sites (tertiary alicyclic amines) is 1. The molecule has 0 aromatic heterocycles. The summed E-state index contributed by atoms with van der Waals surface area (Å²) in [4.78, 5) is 24.1. The molecule has 1 aromatic rings. The molecule has 1 aromatic carbocycles. The maximum Gasteiger partial charge on any atom is 0.335 e. The molecular weight excluding hydrogens is 225 g/mol. The maximum atomic E-state index is 13.6. The summed E-state index contributed by atoms with van der Waals surface area (Å²) in [6.07, 6.45) is 1.86. The first kappa shape index (κ1) is 11.6. The van der Waals surface area contributed by atoms with Crippen LogP contribution in [0.2, 0.25) is 0 Å². The number of amides is 1. The van der Waals surface area contributed by atoms with E-state index in [0.717, 1.165) is 18.9 Å². The Hall–Kier alpha value is -1.91. The van der Waals surface area contributed by atoms with Gasteiger partial charge in [-0.1, -0.05) is 0 Å². The van der Waals surface area contributed by atoms with Crippen LogP contribution >= 0.6 is 0 Å². The topological polar surface area (TPSA) is 57.6 Å². The highest BCUT2D eigenvalue weighted by Crippen LogP contribution is 2.16. The van der Waals surface area contributed by atoms with Gasteiger partial charge in [-0.05, 0) is 31.0 Å². The van der Waals surface area contributed by atoms with E-state index in [1.807, 2.05) is 0 Å². The first-order valence-electron chi connectivity index (χ1n) is 5.41. The minimum Gasteiger partial charge on any atom is -0.478 e. The zero-order chi connectivity index (χ0) is 12.4. The van der Waals surface area contributed by atoms with Crippen LogP contribution in [0.5, 0.6) is 0 Å². The number of carbonyl (C=O) groups excluding carboxylic acids is 1. The van der Waals surface area contributed by atoms with E-state index in [4.69, 9.17) is 5.11 Å². The molecule has 1 N–H and O–H groups in total. The summed E-state index contributed by atoms with van der Waals surface area (Å²) in [5, 5.41) is 8.69. The van der Waals surface area contributed by atoms with E-state index in [1.165, 1.54) is 12.1 Å². The van der Waals surface area contributed by atoms with E-state index in [0.29, 0.717) is 13.1 Å². The molecule has 0 bridgehead atoms. The van der Waals surface area contributed by atoms with Gasteiger partial charge in [0.2, 0.25) is 0 Å². The molecule has 0 radical (unpaired) electrons. The summed E-state index contributed by atoms with van der Waals surface area (Å²) in [6.45, 7) is 1.28. The van der Waals surface area contributed by atoms with Crippen molar-refractivity contribution in [2.24, 2.45) is 0 Å². The van der Waals surface area contributed by atoms with Gasteiger partial charge in [-0.25, -0.2) is 9.18 Å². The number of carboxylic acids is 1. The molecular formula is C12H12FNO3. The lowest BCUT2D eigenvalue weighted by molar-refractivity contribution is 0.0694. The molecule has 1 heterocycles. The van der Waals surface area contributed by atoms with Crippen LogP contribution in [-0.2, 0) is 0 Å². The van der Waals surface area contributed by atoms with Crippen LogP contribution in [0.4, 0.5) is 4.39 Å². The quantitative estimate of drug-likeness (QED) is 0.852. The summed E-state index contributed by atoms with van der Waals surface area (Å²) < 4.78 is 13.6. The van der Waals surface area contributed by atoms with Gasteiger partial charge in [0, 0.05) is 13.1 Å². The monoisotopic (exact) mass is 237 g/mol. The molecule has 1 saturated heterocycles. The molecule has 1 aliphatic heterocycles. The zero-order valence-electron chi connectivity index (χ0n) is 9.15. The third-order valence-corrected chi connectivity index (χ3v) is 2.84. The second-order valence-corrected chi connectivity index (χ2v) is 4.00. The summed E-state index contributed by atoms with van der Waals surface area (Å²) >= 11 is 0. The molecule has 1 fully saturated rings. The van der Waals surface area contributed by atoms with Gasteiger partial charge in [-0.2, -0.15) is 0 Å². The molecule has 2 rings (SSSR count). The number of benzene rings is 1. The number of rotatable bonds is 2. The van der Waals surface area contributed by atoms with Crippen LogP contribution in [0.1, 0.15) is 33.6 Å². The molecule has 0 aliphatic carbocycles. The Balaban J connectivity index is 2.26. The average Bonchev–Trinajstić information content (AvgIpc) is 2.81. The number of aromatic carboxylic acids is 1. The Kier molecular flexibility index (Phi) is 3.08. The summed E-state index contributed by atoms with van der Waals surface area (Å²) in [7, 11) is 0. The van der Waals surface area contributed by atoms with Crippen molar-refractivity contribution < 1.29 is 19.1 Å². The number of halogens is 1. The Labute approximate surface area is 97.7 Å². The minimum absolute atomic E-state index is 0.0584. The van der Waals surface area contributed by atoms with Crippen molar-refractivity contribution in [3.63, 3.8) is 0 Å². The van der Waals surface area contributed by atoms with E-state index >= 15 is 0 Å².